The normalized spacial score (nSPS) is 28.9. The molecule has 1 aliphatic carbocycles. The molecule has 0 saturated heterocycles. The van der Waals surface area contributed by atoms with Gasteiger partial charge in [-0.3, -0.25) is 4.79 Å². The number of nitrogens with one attached hydrogen (secondary N) is 1. The number of esters is 1. The summed E-state index contributed by atoms with van der Waals surface area (Å²) in [6.07, 6.45) is 3.69. The van der Waals surface area contributed by atoms with Gasteiger partial charge in [0, 0.05) is 12.1 Å². The molecule has 0 aromatic carbocycles. The van der Waals surface area contributed by atoms with Crippen LogP contribution >= 0.6 is 0 Å². The van der Waals surface area contributed by atoms with Crippen LogP contribution in [0.25, 0.3) is 0 Å². The third-order valence-corrected chi connectivity index (χ3v) is 5.05. The lowest BCUT2D eigenvalue weighted by Gasteiger charge is -2.42. The van der Waals surface area contributed by atoms with E-state index in [0.29, 0.717) is 6.42 Å². The predicted octanol–water partition coefficient (Wildman–Crippen LogP) is -0.0136. The van der Waals surface area contributed by atoms with E-state index in [2.05, 4.69) is 9.46 Å². The lowest BCUT2D eigenvalue weighted by molar-refractivity contribution is -0.137. The number of sulfonamides is 1. The van der Waals surface area contributed by atoms with Gasteiger partial charge in [-0.05, 0) is 18.8 Å². The molecule has 6 nitrogen and oxygen atoms in total. The molecule has 1 rings (SSSR count). The van der Waals surface area contributed by atoms with Crippen LogP contribution in [0.5, 0.6) is 0 Å². The van der Waals surface area contributed by atoms with Crippen LogP contribution in [-0.2, 0) is 19.6 Å². The van der Waals surface area contributed by atoms with Gasteiger partial charge in [0.2, 0.25) is 10.0 Å². The predicted molar refractivity (Wildman–Crippen MR) is 68.4 cm³/mol. The van der Waals surface area contributed by atoms with Crippen LogP contribution in [0.2, 0.25) is 0 Å². The zero-order valence-corrected chi connectivity index (χ0v) is 11.8. The summed E-state index contributed by atoms with van der Waals surface area (Å²) in [6.45, 7) is 2.24. The molecule has 0 aliphatic heterocycles. The van der Waals surface area contributed by atoms with Crippen molar-refractivity contribution in [2.45, 2.75) is 38.1 Å². The van der Waals surface area contributed by atoms with Gasteiger partial charge in [0.25, 0.3) is 0 Å². The summed E-state index contributed by atoms with van der Waals surface area (Å²) in [6, 6.07) is 0. The van der Waals surface area contributed by atoms with Gasteiger partial charge in [-0.2, -0.15) is 0 Å². The van der Waals surface area contributed by atoms with E-state index in [1.54, 1.807) is 0 Å². The van der Waals surface area contributed by atoms with Gasteiger partial charge < -0.3 is 10.5 Å². The molecule has 2 atom stereocenters. The summed E-state index contributed by atoms with van der Waals surface area (Å²) in [7, 11) is -2.53. The second-order valence-corrected chi connectivity index (χ2v) is 6.67. The average Bonchev–Trinajstić information content (AvgIpc) is 2.31. The van der Waals surface area contributed by atoms with Crippen molar-refractivity contribution < 1.29 is 17.9 Å². The molecule has 3 N–H and O–H groups in total. The molecular formula is C11H22N2O4S. The van der Waals surface area contributed by atoms with Crippen molar-refractivity contribution in [3.8, 4) is 0 Å². The van der Waals surface area contributed by atoms with Gasteiger partial charge in [0.15, 0.2) is 5.75 Å². The van der Waals surface area contributed by atoms with Gasteiger partial charge in [-0.15, -0.1) is 0 Å². The highest BCUT2D eigenvalue weighted by Crippen LogP contribution is 2.33. The highest BCUT2D eigenvalue weighted by atomic mass is 32.2. The molecule has 1 saturated carbocycles. The first-order chi connectivity index (χ1) is 8.35. The SMILES string of the molecule is COC(=O)CS(=O)(=O)NC1(CN)CCCCC1C. The quantitative estimate of drug-likeness (QED) is 0.689. The zero-order valence-electron chi connectivity index (χ0n) is 10.9. The van der Waals surface area contributed by atoms with E-state index < -0.39 is 27.3 Å². The molecule has 0 heterocycles. The van der Waals surface area contributed by atoms with E-state index in [0.717, 1.165) is 19.3 Å². The monoisotopic (exact) mass is 278 g/mol. The van der Waals surface area contributed by atoms with Crippen LogP contribution in [0, 0.1) is 5.92 Å². The number of hydrogen-bond donors (Lipinski definition) is 2. The molecule has 1 fully saturated rings. The number of nitrogens with two attached hydrogens (primary N) is 1. The molecule has 106 valence electrons. The van der Waals surface area contributed by atoms with E-state index >= 15 is 0 Å². The fourth-order valence-corrected chi connectivity index (χ4v) is 3.98. The highest BCUT2D eigenvalue weighted by molar-refractivity contribution is 7.90. The minimum atomic E-state index is -3.70. The van der Waals surface area contributed by atoms with Crippen LogP contribution in [0.15, 0.2) is 0 Å². The zero-order chi connectivity index (χ0) is 13.8. The molecule has 1 aliphatic rings. The van der Waals surface area contributed by atoms with E-state index in [1.807, 2.05) is 6.92 Å². The van der Waals surface area contributed by atoms with E-state index in [1.165, 1.54) is 7.11 Å². The summed E-state index contributed by atoms with van der Waals surface area (Å²) in [5.41, 5.74) is 5.14. The van der Waals surface area contributed by atoms with E-state index in [-0.39, 0.29) is 12.5 Å². The Balaban J connectivity index is 2.81. The average molecular weight is 278 g/mol. The molecule has 0 spiro atoms. The fraction of sp³-hybridized carbons (Fsp3) is 0.909. The number of methoxy groups -OCH3 is 1. The van der Waals surface area contributed by atoms with Crippen molar-refractivity contribution in [3.05, 3.63) is 0 Å². The third kappa shape index (κ3) is 3.66. The number of ether oxygens (including phenoxy) is 1. The Labute approximate surface area is 108 Å². The second kappa shape index (κ2) is 5.99. The van der Waals surface area contributed by atoms with Crippen LogP contribution in [0.4, 0.5) is 0 Å². The maximum Gasteiger partial charge on any atom is 0.322 e. The summed E-state index contributed by atoms with van der Waals surface area (Å²) in [4.78, 5) is 11.1. The number of carbonyl (C=O) groups excluding carboxylic acids is 1. The van der Waals surface area contributed by atoms with Crippen molar-refractivity contribution in [1.82, 2.24) is 4.72 Å². The Kier molecular flexibility index (Phi) is 5.12. The Bertz CT molecular complexity index is 396. The molecule has 2 unspecified atom stereocenters. The Morgan fingerprint density at radius 2 is 2.17 bits per heavy atom. The second-order valence-electron chi connectivity index (χ2n) is 4.94. The Morgan fingerprint density at radius 3 is 2.67 bits per heavy atom. The molecule has 0 amide bonds. The summed E-state index contributed by atoms with van der Waals surface area (Å²) < 4.78 is 30.8. The topological polar surface area (TPSA) is 98.5 Å². The molecule has 0 radical (unpaired) electrons. The standard InChI is InChI=1S/C11H22N2O4S/c1-9-5-3-4-6-11(9,8-12)13-18(15,16)7-10(14)17-2/h9,13H,3-8,12H2,1-2H3. The molecule has 0 bridgehead atoms. The third-order valence-electron chi connectivity index (χ3n) is 3.71. The summed E-state index contributed by atoms with van der Waals surface area (Å²) >= 11 is 0. The van der Waals surface area contributed by atoms with Crippen LogP contribution in [0.3, 0.4) is 0 Å². The maximum atomic E-state index is 11.9. The largest absolute Gasteiger partial charge is 0.468 e. The minimum Gasteiger partial charge on any atom is -0.468 e. The van der Waals surface area contributed by atoms with Crippen molar-refractivity contribution in [2.75, 3.05) is 19.4 Å². The number of carbonyl (C=O) groups is 1. The minimum absolute atomic E-state index is 0.170. The Morgan fingerprint density at radius 1 is 1.50 bits per heavy atom. The number of hydrogen-bond acceptors (Lipinski definition) is 5. The van der Waals surface area contributed by atoms with Crippen LogP contribution in [-0.4, -0.2) is 39.3 Å². The van der Waals surface area contributed by atoms with Gasteiger partial charge in [0.05, 0.1) is 7.11 Å². The summed E-state index contributed by atoms with van der Waals surface area (Å²) in [5.74, 6) is -1.25. The van der Waals surface area contributed by atoms with Crippen LogP contribution < -0.4 is 10.5 Å². The van der Waals surface area contributed by atoms with Crippen LogP contribution in [0.1, 0.15) is 32.6 Å². The fourth-order valence-electron chi connectivity index (χ4n) is 2.47. The maximum absolute atomic E-state index is 11.9. The van der Waals surface area contributed by atoms with Crippen molar-refractivity contribution in [2.24, 2.45) is 11.7 Å². The Hall–Kier alpha value is -0.660. The van der Waals surface area contributed by atoms with Gasteiger partial charge in [-0.1, -0.05) is 19.8 Å². The van der Waals surface area contributed by atoms with Crippen molar-refractivity contribution in [1.29, 1.82) is 0 Å². The van der Waals surface area contributed by atoms with Crippen molar-refractivity contribution in [3.63, 3.8) is 0 Å². The molecule has 0 aromatic heterocycles. The highest BCUT2D eigenvalue weighted by Gasteiger charge is 2.40. The molecule has 18 heavy (non-hydrogen) atoms. The van der Waals surface area contributed by atoms with E-state index in [9.17, 15) is 13.2 Å². The summed E-state index contributed by atoms with van der Waals surface area (Å²) in [5, 5.41) is 0. The molecule has 7 heteroatoms. The van der Waals surface area contributed by atoms with Gasteiger partial charge >= 0.3 is 5.97 Å². The number of rotatable bonds is 5. The smallest absolute Gasteiger partial charge is 0.322 e. The van der Waals surface area contributed by atoms with Crippen molar-refractivity contribution >= 4 is 16.0 Å². The lowest BCUT2D eigenvalue weighted by Crippen LogP contribution is -2.59. The first kappa shape index (κ1) is 15.4. The lowest BCUT2D eigenvalue weighted by atomic mass is 9.74. The van der Waals surface area contributed by atoms with Gasteiger partial charge in [-0.25, -0.2) is 13.1 Å². The first-order valence-electron chi connectivity index (χ1n) is 6.14. The molecule has 0 aromatic rings. The first-order valence-corrected chi connectivity index (χ1v) is 7.79. The molecular weight excluding hydrogens is 256 g/mol. The van der Waals surface area contributed by atoms with Gasteiger partial charge in [0.1, 0.15) is 0 Å². The van der Waals surface area contributed by atoms with E-state index in [4.69, 9.17) is 5.73 Å².